The molecule has 4 heteroatoms. The third kappa shape index (κ3) is 11.9. The first-order valence-electron chi connectivity index (χ1n) is 6.19. The van der Waals surface area contributed by atoms with E-state index >= 15 is 0 Å². The molecule has 0 bridgehead atoms. The quantitative estimate of drug-likeness (QED) is 0.553. The van der Waals surface area contributed by atoms with Crippen LogP contribution in [0.5, 0.6) is 0 Å². The second-order valence-electron chi connectivity index (χ2n) is 5.57. The third-order valence-electron chi connectivity index (χ3n) is 2.30. The molecule has 0 heterocycles. The summed E-state index contributed by atoms with van der Waals surface area (Å²) in [6, 6.07) is 0. The van der Waals surface area contributed by atoms with Crippen LogP contribution >= 0.6 is 15.9 Å². The zero-order valence-electron chi connectivity index (χ0n) is 11.1. The van der Waals surface area contributed by atoms with Crippen LogP contribution < -0.4 is 5.32 Å². The molecule has 100 valence electrons. The first-order valence-corrected chi connectivity index (χ1v) is 7.31. The van der Waals surface area contributed by atoms with Gasteiger partial charge in [0.25, 0.3) is 0 Å². The van der Waals surface area contributed by atoms with Crippen molar-refractivity contribution in [3.63, 3.8) is 0 Å². The van der Waals surface area contributed by atoms with Crippen molar-refractivity contribution in [2.45, 2.75) is 52.9 Å². The second-order valence-corrected chi connectivity index (χ2v) is 6.13. The zero-order chi connectivity index (χ0) is 13.3. The van der Waals surface area contributed by atoms with Gasteiger partial charge in [0.15, 0.2) is 0 Å². The molecule has 3 nitrogen and oxygen atoms in total. The van der Waals surface area contributed by atoms with Crippen molar-refractivity contribution in [3.05, 3.63) is 0 Å². The molecule has 0 aliphatic carbocycles. The van der Waals surface area contributed by atoms with Crippen molar-refractivity contribution in [1.82, 2.24) is 5.32 Å². The van der Waals surface area contributed by atoms with Crippen LogP contribution in [0.4, 0.5) is 0 Å². The van der Waals surface area contributed by atoms with Crippen molar-refractivity contribution in [3.8, 4) is 0 Å². The van der Waals surface area contributed by atoms with Gasteiger partial charge >= 0.3 is 0 Å². The highest BCUT2D eigenvalue weighted by Gasteiger charge is 2.15. The predicted molar refractivity (Wildman–Crippen MR) is 74.4 cm³/mol. The van der Waals surface area contributed by atoms with E-state index in [1.807, 2.05) is 0 Å². The van der Waals surface area contributed by atoms with Crippen LogP contribution in [0.25, 0.3) is 0 Å². The number of Topliss-reactive ketones (excluding diaryl/α,β-unsaturated/α-hetero) is 1. The number of hydrogen-bond acceptors (Lipinski definition) is 2. The van der Waals surface area contributed by atoms with Crippen molar-refractivity contribution < 1.29 is 9.59 Å². The Kier molecular flexibility index (Phi) is 8.48. The summed E-state index contributed by atoms with van der Waals surface area (Å²) in [4.78, 5) is 22.5. The monoisotopic (exact) mass is 305 g/mol. The van der Waals surface area contributed by atoms with Gasteiger partial charge in [-0.05, 0) is 18.3 Å². The number of halogens is 1. The minimum absolute atomic E-state index is 0.0220. The molecule has 0 radical (unpaired) electrons. The van der Waals surface area contributed by atoms with Crippen molar-refractivity contribution in [1.29, 1.82) is 0 Å². The standard InChI is InChI=1S/C13H24BrNO2/c1-13(2,3)9-11(16)7-5-4-6-8-15-12(17)10-14/h4-10H2,1-3H3,(H,15,17). The van der Waals surface area contributed by atoms with Crippen molar-refractivity contribution >= 4 is 27.6 Å². The SMILES string of the molecule is CC(C)(C)CC(=O)CCCCCNC(=O)CBr. The largest absolute Gasteiger partial charge is 0.355 e. The normalized spacial score (nSPS) is 11.3. The van der Waals surface area contributed by atoms with Gasteiger partial charge in [0, 0.05) is 19.4 Å². The number of rotatable bonds is 8. The zero-order valence-corrected chi connectivity index (χ0v) is 12.7. The average molecular weight is 306 g/mol. The first-order chi connectivity index (χ1) is 7.85. The fourth-order valence-electron chi connectivity index (χ4n) is 1.58. The van der Waals surface area contributed by atoms with E-state index in [9.17, 15) is 9.59 Å². The summed E-state index contributed by atoms with van der Waals surface area (Å²) in [5, 5.41) is 3.15. The van der Waals surface area contributed by atoms with Gasteiger partial charge in [-0.3, -0.25) is 9.59 Å². The number of amides is 1. The number of carbonyl (C=O) groups is 2. The molecule has 0 saturated heterocycles. The minimum atomic E-state index is 0.0220. The second kappa shape index (κ2) is 8.67. The van der Waals surface area contributed by atoms with Gasteiger partial charge in [-0.25, -0.2) is 0 Å². The fraction of sp³-hybridized carbons (Fsp3) is 0.846. The minimum Gasteiger partial charge on any atom is -0.355 e. The van der Waals surface area contributed by atoms with E-state index in [2.05, 4.69) is 42.0 Å². The smallest absolute Gasteiger partial charge is 0.230 e. The molecular weight excluding hydrogens is 282 g/mol. The van der Waals surface area contributed by atoms with Gasteiger partial charge in [0.2, 0.25) is 5.91 Å². The van der Waals surface area contributed by atoms with Crippen molar-refractivity contribution in [2.24, 2.45) is 5.41 Å². The average Bonchev–Trinajstić information content (AvgIpc) is 2.20. The maximum atomic E-state index is 11.6. The number of carbonyl (C=O) groups excluding carboxylic acids is 2. The molecule has 0 fully saturated rings. The molecule has 0 unspecified atom stereocenters. The Labute approximate surface area is 113 Å². The Morgan fingerprint density at radius 2 is 1.76 bits per heavy atom. The molecular formula is C13H24BrNO2. The molecule has 17 heavy (non-hydrogen) atoms. The van der Waals surface area contributed by atoms with Gasteiger partial charge < -0.3 is 5.32 Å². The summed E-state index contributed by atoms with van der Waals surface area (Å²) >= 11 is 3.09. The van der Waals surface area contributed by atoms with Crippen LogP contribution in [0.2, 0.25) is 0 Å². The summed E-state index contributed by atoms with van der Waals surface area (Å²) in [6.45, 7) is 6.96. The number of hydrogen-bond donors (Lipinski definition) is 1. The van der Waals surface area contributed by atoms with Crippen LogP contribution in [0.15, 0.2) is 0 Å². The Balaban J connectivity index is 3.40. The molecule has 0 aliphatic heterocycles. The lowest BCUT2D eigenvalue weighted by molar-refractivity contribution is -0.121. The van der Waals surface area contributed by atoms with E-state index in [1.165, 1.54) is 0 Å². The van der Waals surface area contributed by atoms with Crippen LogP contribution in [-0.4, -0.2) is 23.6 Å². The Bertz CT molecular complexity index is 246. The van der Waals surface area contributed by atoms with E-state index in [1.54, 1.807) is 0 Å². The van der Waals surface area contributed by atoms with E-state index < -0.39 is 0 Å². The fourth-order valence-corrected chi connectivity index (χ4v) is 1.78. The lowest BCUT2D eigenvalue weighted by atomic mass is 9.88. The molecule has 0 saturated carbocycles. The van der Waals surface area contributed by atoms with E-state index in [0.29, 0.717) is 30.5 Å². The van der Waals surface area contributed by atoms with Gasteiger partial charge in [-0.15, -0.1) is 0 Å². The third-order valence-corrected chi connectivity index (χ3v) is 2.81. The summed E-state index contributed by atoms with van der Waals surface area (Å²) in [6.07, 6.45) is 4.20. The van der Waals surface area contributed by atoms with Gasteiger partial charge in [0.1, 0.15) is 5.78 Å². The van der Waals surface area contributed by atoms with Gasteiger partial charge in [0.05, 0.1) is 5.33 Å². The Hall–Kier alpha value is -0.380. The summed E-state index contributed by atoms with van der Waals surface area (Å²) in [7, 11) is 0. The molecule has 0 aromatic carbocycles. The molecule has 0 atom stereocenters. The lowest BCUT2D eigenvalue weighted by Gasteiger charge is -2.16. The summed E-state index contributed by atoms with van der Waals surface area (Å²) < 4.78 is 0. The molecule has 0 aromatic rings. The summed E-state index contributed by atoms with van der Waals surface area (Å²) in [5.74, 6) is 0.371. The Morgan fingerprint density at radius 3 is 2.29 bits per heavy atom. The van der Waals surface area contributed by atoms with Crippen LogP contribution in [0, 0.1) is 5.41 Å². The topological polar surface area (TPSA) is 46.2 Å². The van der Waals surface area contributed by atoms with Gasteiger partial charge in [-0.1, -0.05) is 43.1 Å². The highest BCUT2D eigenvalue weighted by atomic mass is 79.9. The van der Waals surface area contributed by atoms with Crippen molar-refractivity contribution in [2.75, 3.05) is 11.9 Å². The van der Waals surface area contributed by atoms with E-state index in [-0.39, 0.29) is 11.3 Å². The van der Waals surface area contributed by atoms with E-state index in [0.717, 1.165) is 19.3 Å². The number of nitrogens with one attached hydrogen (secondary N) is 1. The molecule has 1 amide bonds. The molecule has 0 aliphatic rings. The molecule has 0 aromatic heterocycles. The van der Waals surface area contributed by atoms with Crippen LogP contribution in [0.1, 0.15) is 52.9 Å². The maximum Gasteiger partial charge on any atom is 0.230 e. The van der Waals surface area contributed by atoms with E-state index in [4.69, 9.17) is 0 Å². The molecule has 0 spiro atoms. The molecule has 0 rings (SSSR count). The number of ketones is 1. The van der Waals surface area contributed by atoms with Crippen LogP contribution in [0.3, 0.4) is 0 Å². The summed E-state index contributed by atoms with van der Waals surface area (Å²) in [5.41, 5.74) is 0.0981. The highest BCUT2D eigenvalue weighted by molar-refractivity contribution is 9.09. The van der Waals surface area contributed by atoms with Gasteiger partial charge in [-0.2, -0.15) is 0 Å². The first kappa shape index (κ1) is 16.6. The maximum absolute atomic E-state index is 11.6. The predicted octanol–water partition coefficient (Wildman–Crippen LogP) is 3.06. The number of unbranched alkanes of at least 4 members (excludes halogenated alkanes) is 2. The Morgan fingerprint density at radius 1 is 1.12 bits per heavy atom. The lowest BCUT2D eigenvalue weighted by Crippen LogP contribution is -2.25. The molecule has 1 N–H and O–H groups in total. The number of alkyl halides is 1. The highest BCUT2D eigenvalue weighted by Crippen LogP contribution is 2.20. The van der Waals surface area contributed by atoms with Crippen LogP contribution in [-0.2, 0) is 9.59 Å².